The summed E-state index contributed by atoms with van der Waals surface area (Å²) in [5.41, 5.74) is 4.98. The lowest BCUT2D eigenvalue weighted by Crippen LogP contribution is -2.32. The Morgan fingerprint density at radius 1 is 1.03 bits per heavy atom. The van der Waals surface area contributed by atoms with Gasteiger partial charge in [-0.05, 0) is 87.4 Å². The number of piperidine rings is 1. The third-order valence-corrected chi connectivity index (χ3v) is 7.35. The van der Waals surface area contributed by atoms with Gasteiger partial charge in [0.1, 0.15) is 0 Å². The Labute approximate surface area is 199 Å². The van der Waals surface area contributed by atoms with Crippen molar-refractivity contribution in [2.45, 2.75) is 58.9 Å². The van der Waals surface area contributed by atoms with Crippen LogP contribution < -0.4 is 14.5 Å². The van der Waals surface area contributed by atoms with Gasteiger partial charge < -0.3 is 10.2 Å². The molecule has 1 saturated heterocycles. The number of carbonyl (C=O) groups is 1. The van der Waals surface area contributed by atoms with E-state index >= 15 is 0 Å². The molecule has 1 heterocycles. The molecule has 0 bridgehead atoms. The number of nitrogens with one attached hydrogen (secondary N) is 1. The molecule has 1 fully saturated rings. The first-order valence-corrected chi connectivity index (χ1v) is 13.7. The van der Waals surface area contributed by atoms with Crippen LogP contribution in [0.2, 0.25) is 0 Å². The fourth-order valence-electron chi connectivity index (χ4n) is 4.49. The maximum atomic E-state index is 12.5. The maximum absolute atomic E-state index is 12.5. The first-order chi connectivity index (χ1) is 15.6. The molecule has 180 valence electrons. The minimum absolute atomic E-state index is 0.0727. The van der Waals surface area contributed by atoms with Crippen molar-refractivity contribution in [3.63, 3.8) is 0 Å². The summed E-state index contributed by atoms with van der Waals surface area (Å²) in [4.78, 5) is 14.9. The van der Waals surface area contributed by atoms with Crippen LogP contribution in [0.15, 0.2) is 42.5 Å². The summed E-state index contributed by atoms with van der Waals surface area (Å²) in [7, 11) is -3.43. The standard InChI is InChI=1S/C26H37N3O3S/c1-20-17-21(2)19-25(18-20)29(33(4,31)32)16-8-9-26(30)27-22(3)23-10-12-24(13-11-23)28-14-6-5-7-15-28/h10-13,17-19,22H,5-9,14-16H2,1-4H3,(H,27,30). The summed E-state index contributed by atoms with van der Waals surface area (Å²) in [5, 5.41) is 3.05. The van der Waals surface area contributed by atoms with E-state index in [0.717, 1.165) is 29.8 Å². The number of hydrogen-bond acceptors (Lipinski definition) is 4. The first-order valence-electron chi connectivity index (χ1n) is 11.8. The van der Waals surface area contributed by atoms with Gasteiger partial charge in [-0.2, -0.15) is 0 Å². The Morgan fingerprint density at radius 2 is 1.64 bits per heavy atom. The summed E-state index contributed by atoms with van der Waals surface area (Å²) in [6.07, 6.45) is 5.73. The molecule has 0 aliphatic carbocycles. The lowest BCUT2D eigenvalue weighted by molar-refractivity contribution is -0.121. The molecule has 33 heavy (non-hydrogen) atoms. The van der Waals surface area contributed by atoms with Crippen molar-refractivity contribution >= 4 is 27.3 Å². The first kappa shape index (κ1) is 25.1. The zero-order valence-corrected chi connectivity index (χ0v) is 21.1. The molecule has 1 atom stereocenters. The van der Waals surface area contributed by atoms with E-state index in [0.29, 0.717) is 12.1 Å². The topological polar surface area (TPSA) is 69.7 Å². The van der Waals surface area contributed by atoms with E-state index in [2.05, 4.69) is 34.5 Å². The Morgan fingerprint density at radius 3 is 2.21 bits per heavy atom. The average molecular weight is 472 g/mol. The van der Waals surface area contributed by atoms with Gasteiger partial charge in [0, 0.05) is 31.7 Å². The van der Waals surface area contributed by atoms with E-state index in [9.17, 15) is 13.2 Å². The number of carbonyl (C=O) groups excluding carboxylic acids is 1. The lowest BCUT2D eigenvalue weighted by atomic mass is 10.1. The van der Waals surface area contributed by atoms with Gasteiger partial charge in [-0.25, -0.2) is 8.42 Å². The van der Waals surface area contributed by atoms with Crippen LogP contribution in [0.4, 0.5) is 11.4 Å². The fraction of sp³-hybridized carbons (Fsp3) is 0.500. The highest BCUT2D eigenvalue weighted by Gasteiger charge is 2.19. The molecule has 2 aromatic carbocycles. The maximum Gasteiger partial charge on any atom is 0.232 e. The second kappa shape index (κ2) is 11.1. The van der Waals surface area contributed by atoms with Crippen molar-refractivity contribution in [1.82, 2.24) is 5.32 Å². The minimum atomic E-state index is -3.43. The van der Waals surface area contributed by atoms with Crippen LogP contribution in [0.25, 0.3) is 0 Å². The van der Waals surface area contributed by atoms with Crippen LogP contribution in [0.1, 0.15) is 61.8 Å². The normalized spacial score (nSPS) is 15.2. The second-order valence-corrected chi connectivity index (χ2v) is 11.1. The highest BCUT2D eigenvalue weighted by atomic mass is 32.2. The highest BCUT2D eigenvalue weighted by Crippen LogP contribution is 2.24. The number of anilines is 2. The van der Waals surface area contributed by atoms with Crippen LogP contribution in [0.5, 0.6) is 0 Å². The number of amides is 1. The zero-order chi connectivity index (χ0) is 24.0. The van der Waals surface area contributed by atoms with E-state index in [1.165, 1.54) is 35.5 Å². The van der Waals surface area contributed by atoms with Crippen LogP contribution in [-0.2, 0) is 14.8 Å². The summed E-state index contributed by atoms with van der Waals surface area (Å²) < 4.78 is 26.1. The summed E-state index contributed by atoms with van der Waals surface area (Å²) in [5.74, 6) is -0.0727. The number of rotatable bonds is 9. The summed E-state index contributed by atoms with van der Waals surface area (Å²) >= 11 is 0. The predicted octanol–water partition coefficient (Wildman–Crippen LogP) is 4.72. The zero-order valence-electron chi connectivity index (χ0n) is 20.3. The van der Waals surface area contributed by atoms with Gasteiger partial charge in [-0.15, -0.1) is 0 Å². The van der Waals surface area contributed by atoms with Crippen molar-refractivity contribution in [3.8, 4) is 0 Å². The van der Waals surface area contributed by atoms with Gasteiger partial charge in [0.25, 0.3) is 0 Å². The molecule has 0 saturated carbocycles. The van der Waals surface area contributed by atoms with Gasteiger partial charge in [0.05, 0.1) is 18.0 Å². The van der Waals surface area contributed by atoms with Crippen LogP contribution >= 0.6 is 0 Å². The van der Waals surface area contributed by atoms with E-state index in [1.54, 1.807) is 0 Å². The van der Waals surface area contributed by atoms with Crippen molar-refractivity contribution in [1.29, 1.82) is 0 Å². The molecule has 1 aliphatic rings. The molecular formula is C26H37N3O3S. The predicted molar refractivity (Wildman–Crippen MR) is 136 cm³/mol. The molecule has 1 N–H and O–H groups in total. The van der Waals surface area contributed by atoms with Gasteiger partial charge in [0.2, 0.25) is 15.9 Å². The molecule has 1 amide bonds. The second-order valence-electron chi connectivity index (χ2n) is 9.21. The Hall–Kier alpha value is -2.54. The summed E-state index contributed by atoms with van der Waals surface area (Å²) in [6.45, 7) is 8.37. The quantitative estimate of drug-likeness (QED) is 0.575. The number of sulfonamides is 1. The largest absolute Gasteiger partial charge is 0.372 e. The van der Waals surface area contributed by atoms with Crippen molar-refractivity contribution in [2.24, 2.45) is 0 Å². The number of benzene rings is 2. The monoisotopic (exact) mass is 471 g/mol. The number of nitrogens with zero attached hydrogens (tertiary/aromatic N) is 2. The minimum Gasteiger partial charge on any atom is -0.372 e. The molecular weight excluding hydrogens is 434 g/mol. The van der Waals surface area contributed by atoms with Crippen molar-refractivity contribution < 1.29 is 13.2 Å². The smallest absolute Gasteiger partial charge is 0.232 e. The van der Waals surface area contributed by atoms with Crippen LogP contribution in [0.3, 0.4) is 0 Å². The molecule has 0 spiro atoms. The molecule has 7 heteroatoms. The van der Waals surface area contributed by atoms with E-state index in [4.69, 9.17) is 0 Å². The van der Waals surface area contributed by atoms with Gasteiger partial charge in [-0.3, -0.25) is 9.10 Å². The molecule has 2 aromatic rings. The molecule has 3 rings (SSSR count). The Bertz CT molecular complexity index is 1020. The SMILES string of the molecule is Cc1cc(C)cc(N(CCCC(=O)NC(C)c2ccc(N3CCCCC3)cc2)S(C)(=O)=O)c1. The molecule has 1 unspecified atom stereocenters. The van der Waals surface area contributed by atoms with Gasteiger partial charge in [-0.1, -0.05) is 18.2 Å². The van der Waals surface area contributed by atoms with Crippen molar-refractivity contribution in [3.05, 3.63) is 59.2 Å². The number of aryl methyl sites for hydroxylation is 2. The van der Waals surface area contributed by atoms with Crippen molar-refractivity contribution in [2.75, 3.05) is 35.1 Å². The van der Waals surface area contributed by atoms with E-state index < -0.39 is 10.0 Å². The molecule has 0 radical (unpaired) electrons. The van der Waals surface area contributed by atoms with E-state index in [-0.39, 0.29) is 24.9 Å². The van der Waals surface area contributed by atoms with Gasteiger partial charge in [0.15, 0.2) is 0 Å². The fourth-order valence-corrected chi connectivity index (χ4v) is 5.44. The van der Waals surface area contributed by atoms with Crippen LogP contribution in [0, 0.1) is 13.8 Å². The number of hydrogen-bond donors (Lipinski definition) is 1. The van der Waals surface area contributed by atoms with E-state index in [1.807, 2.05) is 39.0 Å². The third kappa shape index (κ3) is 7.22. The Balaban J connectivity index is 1.53. The lowest BCUT2D eigenvalue weighted by Gasteiger charge is -2.29. The third-order valence-electron chi connectivity index (χ3n) is 6.15. The molecule has 0 aromatic heterocycles. The highest BCUT2D eigenvalue weighted by molar-refractivity contribution is 7.92. The van der Waals surface area contributed by atoms with Gasteiger partial charge >= 0.3 is 0 Å². The molecule has 6 nitrogen and oxygen atoms in total. The van der Waals surface area contributed by atoms with Crippen LogP contribution in [-0.4, -0.2) is 40.2 Å². The summed E-state index contributed by atoms with van der Waals surface area (Å²) in [6, 6.07) is 14.1. The molecule has 1 aliphatic heterocycles. The Kier molecular flexibility index (Phi) is 8.40. The average Bonchev–Trinajstić information content (AvgIpc) is 2.76.